The summed E-state index contributed by atoms with van der Waals surface area (Å²) in [5.41, 5.74) is 7.24. The number of amides is 1. The zero-order valence-corrected chi connectivity index (χ0v) is 12.4. The highest BCUT2D eigenvalue weighted by Gasteiger charge is 2.23. The fourth-order valence-electron chi connectivity index (χ4n) is 1.70. The van der Waals surface area contributed by atoms with Gasteiger partial charge in [0.05, 0.1) is 5.56 Å². The van der Waals surface area contributed by atoms with Crippen LogP contribution in [0, 0.1) is 12.3 Å². The second-order valence-corrected chi connectivity index (χ2v) is 6.06. The summed E-state index contributed by atoms with van der Waals surface area (Å²) in [4.78, 5) is 22.8. The van der Waals surface area contributed by atoms with Gasteiger partial charge in [-0.25, -0.2) is 4.79 Å². The number of aryl methyl sites for hydroxylation is 1. The van der Waals surface area contributed by atoms with E-state index in [9.17, 15) is 9.59 Å². The Morgan fingerprint density at radius 1 is 1.35 bits per heavy atom. The van der Waals surface area contributed by atoms with Crippen LogP contribution < -0.4 is 11.1 Å². The summed E-state index contributed by atoms with van der Waals surface area (Å²) in [5.74, 6) is -1.15. The fourth-order valence-corrected chi connectivity index (χ4v) is 1.70. The van der Waals surface area contributed by atoms with E-state index in [1.54, 1.807) is 19.1 Å². The average Bonchev–Trinajstić information content (AvgIpc) is 2.26. The molecule has 20 heavy (non-hydrogen) atoms. The Kier molecular flexibility index (Phi) is 4.89. The maximum atomic E-state index is 11.9. The molecule has 5 heteroatoms. The topological polar surface area (TPSA) is 92.4 Å². The van der Waals surface area contributed by atoms with Crippen molar-refractivity contribution in [1.29, 1.82) is 0 Å². The maximum absolute atomic E-state index is 11.9. The molecule has 1 aromatic carbocycles. The van der Waals surface area contributed by atoms with Crippen molar-refractivity contribution in [2.45, 2.75) is 40.2 Å². The highest BCUT2D eigenvalue weighted by atomic mass is 16.4. The summed E-state index contributed by atoms with van der Waals surface area (Å²) in [6.07, 6.45) is 0.225. The van der Waals surface area contributed by atoms with E-state index in [1.807, 2.05) is 20.8 Å². The Morgan fingerprint density at radius 2 is 1.95 bits per heavy atom. The summed E-state index contributed by atoms with van der Waals surface area (Å²) >= 11 is 0. The minimum absolute atomic E-state index is 0.138. The zero-order chi connectivity index (χ0) is 15.5. The van der Waals surface area contributed by atoms with E-state index in [2.05, 4.69) is 5.32 Å². The van der Waals surface area contributed by atoms with Crippen LogP contribution in [0.4, 0.5) is 5.69 Å². The van der Waals surface area contributed by atoms with Crippen LogP contribution in [-0.4, -0.2) is 23.0 Å². The zero-order valence-electron chi connectivity index (χ0n) is 12.4. The van der Waals surface area contributed by atoms with Gasteiger partial charge in [-0.1, -0.05) is 20.8 Å². The summed E-state index contributed by atoms with van der Waals surface area (Å²) in [7, 11) is 0. The van der Waals surface area contributed by atoms with Gasteiger partial charge in [0.1, 0.15) is 0 Å². The van der Waals surface area contributed by atoms with Crippen molar-refractivity contribution in [2.75, 3.05) is 5.32 Å². The summed E-state index contributed by atoms with van der Waals surface area (Å²) in [6.45, 7) is 7.64. The highest BCUT2D eigenvalue weighted by Crippen LogP contribution is 2.21. The average molecular weight is 278 g/mol. The monoisotopic (exact) mass is 278 g/mol. The van der Waals surface area contributed by atoms with E-state index < -0.39 is 5.97 Å². The molecule has 1 rings (SSSR count). The fraction of sp³-hybridized carbons (Fsp3) is 0.467. The molecule has 1 atom stereocenters. The lowest BCUT2D eigenvalue weighted by molar-refractivity contribution is -0.117. The van der Waals surface area contributed by atoms with Gasteiger partial charge in [-0.15, -0.1) is 0 Å². The number of carbonyl (C=O) groups excluding carboxylic acids is 1. The van der Waals surface area contributed by atoms with Gasteiger partial charge in [0.15, 0.2) is 0 Å². The van der Waals surface area contributed by atoms with Gasteiger partial charge in [-0.05, 0) is 36.1 Å². The van der Waals surface area contributed by atoms with Gasteiger partial charge in [0.2, 0.25) is 5.91 Å². The molecule has 0 aliphatic heterocycles. The van der Waals surface area contributed by atoms with E-state index in [-0.39, 0.29) is 29.3 Å². The molecule has 0 aliphatic carbocycles. The predicted octanol–water partition coefficient (Wildman–Crippen LogP) is 2.40. The van der Waals surface area contributed by atoms with Crippen LogP contribution in [0.2, 0.25) is 0 Å². The normalized spacial score (nSPS) is 12.8. The molecule has 5 nitrogen and oxygen atoms in total. The van der Waals surface area contributed by atoms with Crippen LogP contribution in [0.25, 0.3) is 0 Å². The van der Waals surface area contributed by atoms with Gasteiger partial charge >= 0.3 is 5.97 Å². The third-order valence-corrected chi connectivity index (χ3v) is 3.26. The highest BCUT2D eigenvalue weighted by molar-refractivity contribution is 5.93. The Morgan fingerprint density at radius 3 is 2.40 bits per heavy atom. The van der Waals surface area contributed by atoms with E-state index in [4.69, 9.17) is 10.8 Å². The first-order valence-corrected chi connectivity index (χ1v) is 6.50. The molecule has 1 unspecified atom stereocenters. The number of hydrogen-bond acceptors (Lipinski definition) is 3. The van der Waals surface area contributed by atoms with E-state index >= 15 is 0 Å². The lowest BCUT2D eigenvalue weighted by Gasteiger charge is -2.26. The van der Waals surface area contributed by atoms with Gasteiger partial charge in [0.25, 0.3) is 0 Å². The summed E-state index contributed by atoms with van der Waals surface area (Å²) in [6, 6.07) is 4.47. The SMILES string of the molecule is Cc1cc(NC(=O)CC(N)C(C)(C)C)ccc1C(=O)O. The van der Waals surface area contributed by atoms with Crippen molar-refractivity contribution < 1.29 is 14.7 Å². The van der Waals surface area contributed by atoms with Gasteiger partial charge in [-0.2, -0.15) is 0 Å². The molecule has 0 aromatic heterocycles. The first kappa shape index (κ1) is 16.2. The number of carboxylic acids is 1. The first-order valence-electron chi connectivity index (χ1n) is 6.50. The van der Waals surface area contributed by atoms with Crippen molar-refractivity contribution >= 4 is 17.6 Å². The van der Waals surface area contributed by atoms with Gasteiger partial charge in [0, 0.05) is 18.2 Å². The third-order valence-electron chi connectivity index (χ3n) is 3.26. The largest absolute Gasteiger partial charge is 0.478 e. The molecule has 0 radical (unpaired) electrons. The molecule has 0 spiro atoms. The van der Waals surface area contributed by atoms with Crippen LogP contribution in [0.1, 0.15) is 43.1 Å². The molecule has 1 aromatic rings. The Labute approximate surface area is 119 Å². The molecule has 0 saturated carbocycles. The number of nitrogens with one attached hydrogen (secondary N) is 1. The van der Waals surface area contributed by atoms with E-state index in [0.717, 1.165) is 0 Å². The maximum Gasteiger partial charge on any atom is 0.335 e. The number of carboxylic acid groups (broad SMARTS) is 1. The molecule has 1 amide bonds. The number of rotatable bonds is 4. The van der Waals surface area contributed by atoms with Crippen molar-refractivity contribution in [2.24, 2.45) is 11.1 Å². The molecule has 110 valence electrons. The first-order chi connectivity index (χ1) is 9.11. The molecule has 0 fully saturated rings. The number of carbonyl (C=O) groups is 2. The minimum atomic E-state index is -0.977. The minimum Gasteiger partial charge on any atom is -0.478 e. The predicted molar refractivity (Wildman–Crippen MR) is 78.8 cm³/mol. The number of benzene rings is 1. The standard InChI is InChI=1S/C15H22N2O3/c1-9-7-10(5-6-11(9)14(19)20)17-13(18)8-12(16)15(2,3)4/h5-7,12H,8,16H2,1-4H3,(H,17,18)(H,19,20). The van der Waals surface area contributed by atoms with Crippen molar-refractivity contribution in [3.8, 4) is 0 Å². The lowest BCUT2D eigenvalue weighted by atomic mass is 9.85. The van der Waals surface area contributed by atoms with E-state index in [0.29, 0.717) is 11.3 Å². The summed E-state index contributed by atoms with van der Waals surface area (Å²) < 4.78 is 0. The van der Waals surface area contributed by atoms with Crippen molar-refractivity contribution in [1.82, 2.24) is 0 Å². The molecular formula is C15H22N2O3. The molecule has 4 N–H and O–H groups in total. The van der Waals surface area contributed by atoms with Crippen LogP contribution in [-0.2, 0) is 4.79 Å². The number of anilines is 1. The molecule has 0 bridgehead atoms. The molecule has 0 aliphatic rings. The number of nitrogens with two attached hydrogens (primary N) is 1. The number of aromatic carboxylic acids is 1. The van der Waals surface area contributed by atoms with Crippen LogP contribution in [0.15, 0.2) is 18.2 Å². The number of hydrogen-bond donors (Lipinski definition) is 3. The summed E-state index contributed by atoms with van der Waals surface area (Å²) in [5, 5.41) is 11.7. The second-order valence-electron chi connectivity index (χ2n) is 6.06. The lowest BCUT2D eigenvalue weighted by Crippen LogP contribution is -2.38. The van der Waals surface area contributed by atoms with Crippen LogP contribution >= 0.6 is 0 Å². The van der Waals surface area contributed by atoms with Gasteiger partial charge < -0.3 is 16.2 Å². The molecule has 0 heterocycles. The van der Waals surface area contributed by atoms with E-state index in [1.165, 1.54) is 6.07 Å². The molecule has 0 saturated heterocycles. The second kappa shape index (κ2) is 6.05. The Bertz CT molecular complexity index is 518. The van der Waals surface area contributed by atoms with Crippen molar-refractivity contribution in [3.05, 3.63) is 29.3 Å². The van der Waals surface area contributed by atoms with Crippen LogP contribution in [0.3, 0.4) is 0 Å². The van der Waals surface area contributed by atoms with Crippen molar-refractivity contribution in [3.63, 3.8) is 0 Å². The molecular weight excluding hydrogens is 256 g/mol. The smallest absolute Gasteiger partial charge is 0.335 e. The third kappa shape index (κ3) is 4.35. The quantitative estimate of drug-likeness (QED) is 0.788. The Balaban J connectivity index is 2.72. The Hall–Kier alpha value is -1.88. The van der Waals surface area contributed by atoms with Crippen LogP contribution in [0.5, 0.6) is 0 Å². The van der Waals surface area contributed by atoms with Gasteiger partial charge in [-0.3, -0.25) is 4.79 Å².